The van der Waals surface area contributed by atoms with Crippen LogP contribution in [0.2, 0.25) is 0 Å². The Morgan fingerprint density at radius 3 is 2.46 bits per heavy atom. The van der Waals surface area contributed by atoms with Crippen LogP contribution < -0.4 is 16.0 Å². The minimum atomic E-state index is -0.426. The number of carbonyl (C=O) groups excluding carboxylic acids is 1. The Morgan fingerprint density at radius 1 is 1.25 bits per heavy atom. The molecule has 5 nitrogen and oxygen atoms in total. The molecular weight excluding hydrogens is 307 g/mol. The summed E-state index contributed by atoms with van der Waals surface area (Å²) in [6, 6.07) is 6.21. The Balaban J connectivity index is 1.68. The minimum Gasteiger partial charge on any atom is -0.369 e. The summed E-state index contributed by atoms with van der Waals surface area (Å²) < 4.78 is 13.0. The molecule has 2 unspecified atom stereocenters. The van der Waals surface area contributed by atoms with Crippen molar-refractivity contribution in [3.8, 4) is 0 Å². The lowest BCUT2D eigenvalue weighted by Crippen LogP contribution is -2.50. The number of halogens is 1. The fraction of sp³-hybridized carbons (Fsp3) is 0.611. The van der Waals surface area contributed by atoms with E-state index < -0.39 is 6.04 Å². The second-order valence-electron chi connectivity index (χ2n) is 6.51. The number of nitrogens with zero attached hydrogens (tertiary/aromatic N) is 2. The fourth-order valence-electron chi connectivity index (χ4n) is 2.85. The van der Waals surface area contributed by atoms with Crippen LogP contribution in [0.1, 0.15) is 20.3 Å². The molecule has 134 valence electrons. The highest BCUT2D eigenvalue weighted by molar-refractivity contribution is 5.81. The molecule has 0 bridgehead atoms. The van der Waals surface area contributed by atoms with Gasteiger partial charge in [-0.3, -0.25) is 9.69 Å². The molecule has 0 saturated carbocycles. The number of rotatable bonds is 7. The standard InChI is InChI=1S/C18H29FN4O/c1-3-14(2)17(20)18(24)21-8-9-22-10-12-23(13-11-22)16-6-4-15(19)5-7-16/h4-7,14,17H,3,8-13,20H2,1-2H3,(H,21,24). The molecule has 2 atom stereocenters. The predicted octanol–water partition coefficient (Wildman–Crippen LogP) is 1.44. The Labute approximate surface area is 144 Å². The highest BCUT2D eigenvalue weighted by atomic mass is 19.1. The summed E-state index contributed by atoms with van der Waals surface area (Å²) >= 11 is 0. The van der Waals surface area contributed by atoms with Crippen LogP contribution in [0.5, 0.6) is 0 Å². The molecule has 1 aromatic rings. The van der Waals surface area contributed by atoms with E-state index in [2.05, 4.69) is 15.1 Å². The van der Waals surface area contributed by atoms with E-state index in [9.17, 15) is 9.18 Å². The average molecular weight is 336 g/mol. The van der Waals surface area contributed by atoms with Gasteiger partial charge in [0, 0.05) is 45.0 Å². The van der Waals surface area contributed by atoms with Crippen molar-refractivity contribution in [3.05, 3.63) is 30.1 Å². The number of anilines is 1. The number of nitrogens with two attached hydrogens (primary N) is 1. The van der Waals surface area contributed by atoms with E-state index in [1.54, 1.807) is 0 Å². The summed E-state index contributed by atoms with van der Waals surface area (Å²) in [7, 11) is 0. The summed E-state index contributed by atoms with van der Waals surface area (Å²) in [5.41, 5.74) is 6.98. The van der Waals surface area contributed by atoms with Crippen LogP contribution in [-0.2, 0) is 4.79 Å². The van der Waals surface area contributed by atoms with Crippen molar-refractivity contribution in [1.82, 2.24) is 10.2 Å². The number of nitrogens with one attached hydrogen (secondary N) is 1. The van der Waals surface area contributed by atoms with E-state index in [1.165, 1.54) is 12.1 Å². The lowest BCUT2D eigenvalue weighted by Gasteiger charge is -2.36. The van der Waals surface area contributed by atoms with Crippen molar-refractivity contribution in [2.75, 3.05) is 44.2 Å². The van der Waals surface area contributed by atoms with Crippen LogP contribution >= 0.6 is 0 Å². The maximum absolute atomic E-state index is 13.0. The summed E-state index contributed by atoms with van der Waals surface area (Å²) in [6.45, 7) is 9.18. The van der Waals surface area contributed by atoms with Crippen molar-refractivity contribution < 1.29 is 9.18 Å². The van der Waals surface area contributed by atoms with E-state index in [0.717, 1.165) is 44.8 Å². The topological polar surface area (TPSA) is 61.6 Å². The number of carbonyl (C=O) groups is 1. The quantitative estimate of drug-likeness (QED) is 0.791. The first-order valence-electron chi connectivity index (χ1n) is 8.77. The number of hydrogen-bond donors (Lipinski definition) is 2. The van der Waals surface area contributed by atoms with Crippen LogP contribution in [0, 0.1) is 11.7 Å². The summed E-state index contributed by atoms with van der Waals surface area (Å²) in [6.07, 6.45) is 0.903. The lowest BCUT2D eigenvalue weighted by atomic mass is 9.99. The maximum atomic E-state index is 13.0. The van der Waals surface area contributed by atoms with Crippen molar-refractivity contribution in [2.24, 2.45) is 11.7 Å². The monoisotopic (exact) mass is 336 g/mol. The van der Waals surface area contributed by atoms with Crippen molar-refractivity contribution in [1.29, 1.82) is 0 Å². The van der Waals surface area contributed by atoms with Gasteiger partial charge in [-0.25, -0.2) is 4.39 Å². The lowest BCUT2D eigenvalue weighted by molar-refractivity contribution is -0.123. The van der Waals surface area contributed by atoms with E-state index in [4.69, 9.17) is 5.73 Å². The first-order chi connectivity index (χ1) is 11.5. The van der Waals surface area contributed by atoms with Crippen LogP contribution in [0.25, 0.3) is 0 Å². The van der Waals surface area contributed by atoms with Crippen molar-refractivity contribution >= 4 is 11.6 Å². The highest BCUT2D eigenvalue weighted by Gasteiger charge is 2.20. The van der Waals surface area contributed by atoms with Gasteiger partial charge in [-0.1, -0.05) is 20.3 Å². The molecule has 0 aliphatic carbocycles. The SMILES string of the molecule is CCC(C)C(N)C(=O)NCCN1CCN(c2ccc(F)cc2)CC1. The first-order valence-corrected chi connectivity index (χ1v) is 8.77. The second-order valence-corrected chi connectivity index (χ2v) is 6.51. The van der Waals surface area contributed by atoms with E-state index in [-0.39, 0.29) is 17.6 Å². The highest BCUT2D eigenvalue weighted by Crippen LogP contribution is 2.16. The molecular formula is C18H29FN4O. The first kappa shape index (κ1) is 18.7. The smallest absolute Gasteiger partial charge is 0.237 e. The van der Waals surface area contributed by atoms with Crippen LogP contribution in [0.15, 0.2) is 24.3 Å². The zero-order valence-corrected chi connectivity index (χ0v) is 14.7. The van der Waals surface area contributed by atoms with Gasteiger partial charge in [-0.05, 0) is 30.2 Å². The Bertz CT molecular complexity index is 514. The van der Waals surface area contributed by atoms with E-state index in [0.29, 0.717) is 6.54 Å². The second kappa shape index (κ2) is 8.99. The molecule has 24 heavy (non-hydrogen) atoms. The largest absolute Gasteiger partial charge is 0.369 e. The number of benzene rings is 1. The minimum absolute atomic E-state index is 0.0608. The molecule has 1 aliphatic rings. The van der Waals surface area contributed by atoms with Crippen LogP contribution in [0.3, 0.4) is 0 Å². The average Bonchev–Trinajstić information content (AvgIpc) is 2.61. The Hall–Kier alpha value is -1.66. The molecule has 1 heterocycles. The zero-order valence-electron chi connectivity index (χ0n) is 14.7. The van der Waals surface area contributed by atoms with Gasteiger partial charge in [0.15, 0.2) is 0 Å². The Morgan fingerprint density at radius 2 is 1.88 bits per heavy atom. The molecule has 6 heteroatoms. The normalized spacial score (nSPS) is 18.2. The van der Waals surface area contributed by atoms with Gasteiger partial charge in [0.2, 0.25) is 5.91 Å². The maximum Gasteiger partial charge on any atom is 0.237 e. The van der Waals surface area contributed by atoms with Gasteiger partial charge in [0.25, 0.3) is 0 Å². The van der Waals surface area contributed by atoms with Crippen molar-refractivity contribution in [3.63, 3.8) is 0 Å². The van der Waals surface area contributed by atoms with E-state index >= 15 is 0 Å². The summed E-state index contributed by atoms with van der Waals surface area (Å²) in [5.74, 6) is -0.0673. The third-order valence-electron chi connectivity index (χ3n) is 4.85. The summed E-state index contributed by atoms with van der Waals surface area (Å²) in [4.78, 5) is 16.5. The molecule has 1 aromatic carbocycles. The van der Waals surface area contributed by atoms with Gasteiger partial charge >= 0.3 is 0 Å². The number of amides is 1. The van der Waals surface area contributed by atoms with Crippen LogP contribution in [-0.4, -0.2) is 56.1 Å². The third-order valence-corrected chi connectivity index (χ3v) is 4.85. The molecule has 0 spiro atoms. The molecule has 1 amide bonds. The molecule has 1 aliphatic heterocycles. The number of piperazine rings is 1. The van der Waals surface area contributed by atoms with Crippen LogP contribution in [0.4, 0.5) is 10.1 Å². The zero-order chi connectivity index (χ0) is 17.5. The predicted molar refractivity (Wildman–Crippen MR) is 95.5 cm³/mol. The van der Waals surface area contributed by atoms with Gasteiger partial charge in [-0.2, -0.15) is 0 Å². The number of hydrogen-bond acceptors (Lipinski definition) is 4. The van der Waals surface area contributed by atoms with Crippen molar-refractivity contribution in [2.45, 2.75) is 26.3 Å². The molecule has 1 fully saturated rings. The molecule has 0 radical (unpaired) electrons. The molecule has 2 rings (SSSR count). The van der Waals surface area contributed by atoms with Gasteiger partial charge in [-0.15, -0.1) is 0 Å². The van der Waals surface area contributed by atoms with Gasteiger partial charge in [0.05, 0.1) is 6.04 Å². The van der Waals surface area contributed by atoms with Gasteiger partial charge < -0.3 is 16.0 Å². The van der Waals surface area contributed by atoms with Gasteiger partial charge in [0.1, 0.15) is 5.82 Å². The Kier molecular flexibility index (Phi) is 6.99. The molecule has 1 saturated heterocycles. The molecule has 0 aromatic heterocycles. The third kappa shape index (κ3) is 5.18. The van der Waals surface area contributed by atoms with E-state index in [1.807, 2.05) is 26.0 Å². The molecule has 3 N–H and O–H groups in total. The fourth-order valence-corrected chi connectivity index (χ4v) is 2.85. The summed E-state index contributed by atoms with van der Waals surface area (Å²) in [5, 5.41) is 2.93.